The number of benzene rings is 1. The van der Waals surface area contributed by atoms with Crippen LogP contribution in [-0.2, 0) is 4.79 Å². The van der Waals surface area contributed by atoms with Crippen LogP contribution in [0.5, 0.6) is 0 Å². The summed E-state index contributed by atoms with van der Waals surface area (Å²) in [7, 11) is 0. The van der Waals surface area contributed by atoms with Crippen molar-refractivity contribution in [3.8, 4) is 0 Å². The molecule has 4 N–H and O–H groups in total. The summed E-state index contributed by atoms with van der Waals surface area (Å²) in [6.45, 7) is 0.621. The summed E-state index contributed by atoms with van der Waals surface area (Å²) in [6.07, 6.45) is 3.02. The number of carbonyl (C=O) groups is 1. The Kier molecular flexibility index (Phi) is 3.48. The maximum absolute atomic E-state index is 11.2. The monoisotopic (exact) mass is 334 g/mol. The highest BCUT2D eigenvalue weighted by Crippen LogP contribution is 2.31. The molecule has 20 heavy (non-hydrogen) atoms. The minimum atomic E-state index is 0.110. The normalized spacial score (nSPS) is 18.9. The Bertz CT molecular complexity index is 658. The topological polar surface area (TPSA) is 80.0 Å². The van der Waals surface area contributed by atoms with Crippen LogP contribution in [0, 0.1) is 0 Å². The van der Waals surface area contributed by atoms with E-state index in [0.29, 0.717) is 18.7 Å². The molecule has 1 saturated heterocycles. The number of anilines is 2. The molecule has 1 aliphatic rings. The molecule has 2 heterocycles. The molecule has 0 spiro atoms. The fourth-order valence-electron chi connectivity index (χ4n) is 2.40. The smallest absolute Gasteiger partial charge is 0.220 e. The number of rotatable bonds is 2. The third-order valence-corrected chi connectivity index (χ3v) is 3.97. The zero-order valence-corrected chi connectivity index (χ0v) is 12.4. The van der Waals surface area contributed by atoms with E-state index in [4.69, 9.17) is 5.73 Å². The standard InChI is InChI=1S/C14H15BrN4O/c15-8-1-3-12-10(5-8)14(11(16)7-17-12)19-9-2-4-13(20)18-6-9/h1,3,5,7,9H,2,4,6,16H2,(H,17,19)(H,18,20). The number of pyridine rings is 1. The number of aromatic nitrogens is 1. The maximum Gasteiger partial charge on any atom is 0.220 e. The Morgan fingerprint density at radius 3 is 3.05 bits per heavy atom. The van der Waals surface area contributed by atoms with Gasteiger partial charge in [0.2, 0.25) is 5.91 Å². The molecule has 1 fully saturated rings. The molecule has 2 aromatic rings. The van der Waals surface area contributed by atoms with Crippen molar-refractivity contribution in [1.82, 2.24) is 10.3 Å². The van der Waals surface area contributed by atoms with Crippen LogP contribution in [0.1, 0.15) is 12.8 Å². The lowest BCUT2D eigenvalue weighted by Gasteiger charge is -2.25. The van der Waals surface area contributed by atoms with Crippen molar-refractivity contribution in [2.24, 2.45) is 0 Å². The van der Waals surface area contributed by atoms with Gasteiger partial charge in [-0.1, -0.05) is 15.9 Å². The van der Waals surface area contributed by atoms with Crippen molar-refractivity contribution in [1.29, 1.82) is 0 Å². The van der Waals surface area contributed by atoms with E-state index in [1.807, 2.05) is 18.2 Å². The molecule has 1 aliphatic heterocycles. The van der Waals surface area contributed by atoms with Crippen LogP contribution < -0.4 is 16.4 Å². The maximum atomic E-state index is 11.2. The molecule has 0 aliphatic carbocycles. The highest BCUT2D eigenvalue weighted by atomic mass is 79.9. The van der Waals surface area contributed by atoms with Crippen LogP contribution in [0.25, 0.3) is 10.9 Å². The number of nitrogens with zero attached hydrogens (tertiary/aromatic N) is 1. The zero-order chi connectivity index (χ0) is 14.1. The van der Waals surface area contributed by atoms with E-state index in [2.05, 4.69) is 31.5 Å². The SMILES string of the molecule is Nc1cnc2ccc(Br)cc2c1NC1CCC(=O)NC1. The van der Waals surface area contributed by atoms with Gasteiger partial charge in [0.05, 0.1) is 23.1 Å². The summed E-state index contributed by atoms with van der Waals surface area (Å²) in [6, 6.07) is 6.10. The van der Waals surface area contributed by atoms with Crippen LogP contribution in [0.2, 0.25) is 0 Å². The van der Waals surface area contributed by atoms with Gasteiger partial charge in [-0.2, -0.15) is 0 Å². The number of hydrogen-bond donors (Lipinski definition) is 3. The van der Waals surface area contributed by atoms with Crippen molar-refractivity contribution >= 4 is 44.1 Å². The van der Waals surface area contributed by atoms with Crippen molar-refractivity contribution in [3.63, 3.8) is 0 Å². The van der Waals surface area contributed by atoms with Gasteiger partial charge in [-0.15, -0.1) is 0 Å². The summed E-state index contributed by atoms with van der Waals surface area (Å²) in [5.74, 6) is 0.110. The number of hydrogen-bond acceptors (Lipinski definition) is 4. The molecule has 1 amide bonds. The Hall–Kier alpha value is -1.82. The van der Waals surface area contributed by atoms with E-state index in [9.17, 15) is 4.79 Å². The van der Waals surface area contributed by atoms with E-state index in [0.717, 1.165) is 27.5 Å². The molecule has 0 bridgehead atoms. The van der Waals surface area contributed by atoms with Crippen LogP contribution >= 0.6 is 15.9 Å². The van der Waals surface area contributed by atoms with Crippen molar-refractivity contribution in [2.45, 2.75) is 18.9 Å². The molecule has 3 rings (SSSR count). The average molecular weight is 335 g/mol. The number of nitrogen functional groups attached to an aromatic ring is 1. The number of halogens is 1. The van der Waals surface area contributed by atoms with Crippen molar-refractivity contribution in [2.75, 3.05) is 17.6 Å². The number of nitrogens with two attached hydrogens (primary N) is 1. The first-order chi connectivity index (χ1) is 9.63. The van der Waals surface area contributed by atoms with E-state index >= 15 is 0 Å². The molecule has 1 aromatic carbocycles. The Morgan fingerprint density at radius 2 is 2.30 bits per heavy atom. The zero-order valence-electron chi connectivity index (χ0n) is 10.8. The second kappa shape index (κ2) is 5.28. The molecule has 0 saturated carbocycles. The largest absolute Gasteiger partial charge is 0.396 e. The Balaban J connectivity index is 1.95. The van der Waals surface area contributed by atoms with Crippen molar-refractivity contribution < 1.29 is 4.79 Å². The highest BCUT2D eigenvalue weighted by Gasteiger charge is 2.19. The number of nitrogens with one attached hydrogen (secondary N) is 2. The van der Waals surface area contributed by atoms with Gasteiger partial charge in [0.1, 0.15) is 0 Å². The molecule has 104 valence electrons. The number of amides is 1. The third kappa shape index (κ3) is 2.56. The highest BCUT2D eigenvalue weighted by molar-refractivity contribution is 9.10. The summed E-state index contributed by atoms with van der Waals surface area (Å²) in [5.41, 5.74) is 8.45. The molecule has 6 heteroatoms. The van der Waals surface area contributed by atoms with Gasteiger partial charge in [0.15, 0.2) is 0 Å². The molecule has 1 atom stereocenters. The second-order valence-electron chi connectivity index (χ2n) is 4.93. The average Bonchev–Trinajstić information content (AvgIpc) is 2.44. The first-order valence-electron chi connectivity index (χ1n) is 6.50. The molecular formula is C14H15BrN4O. The lowest BCUT2D eigenvalue weighted by molar-refractivity contribution is -0.122. The fourth-order valence-corrected chi connectivity index (χ4v) is 2.76. The van der Waals surface area contributed by atoms with Crippen LogP contribution in [0.15, 0.2) is 28.9 Å². The fraction of sp³-hybridized carbons (Fsp3) is 0.286. The molecule has 5 nitrogen and oxygen atoms in total. The van der Waals surface area contributed by atoms with Crippen LogP contribution in [0.3, 0.4) is 0 Å². The second-order valence-corrected chi connectivity index (χ2v) is 5.85. The predicted molar refractivity (Wildman–Crippen MR) is 83.5 cm³/mol. The lowest BCUT2D eigenvalue weighted by atomic mass is 10.1. The molecule has 1 unspecified atom stereocenters. The Morgan fingerprint density at radius 1 is 1.45 bits per heavy atom. The van der Waals surface area contributed by atoms with Gasteiger partial charge in [0, 0.05) is 28.9 Å². The molecule has 1 aromatic heterocycles. The first-order valence-corrected chi connectivity index (χ1v) is 7.30. The minimum Gasteiger partial charge on any atom is -0.396 e. The quantitative estimate of drug-likeness (QED) is 0.787. The van der Waals surface area contributed by atoms with Crippen LogP contribution in [0.4, 0.5) is 11.4 Å². The summed E-state index contributed by atoms with van der Waals surface area (Å²) in [4.78, 5) is 15.5. The minimum absolute atomic E-state index is 0.110. The Labute approximate surface area is 125 Å². The summed E-state index contributed by atoms with van der Waals surface area (Å²) in [5, 5.41) is 7.29. The summed E-state index contributed by atoms with van der Waals surface area (Å²) < 4.78 is 0.984. The first kappa shape index (κ1) is 13.2. The van der Waals surface area contributed by atoms with Gasteiger partial charge in [0.25, 0.3) is 0 Å². The number of fused-ring (bicyclic) bond motifs is 1. The van der Waals surface area contributed by atoms with Gasteiger partial charge in [-0.3, -0.25) is 9.78 Å². The van der Waals surface area contributed by atoms with E-state index in [-0.39, 0.29) is 11.9 Å². The van der Waals surface area contributed by atoms with Crippen molar-refractivity contribution in [3.05, 3.63) is 28.9 Å². The van der Waals surface area contributed by atoms with E-state index in [1.165, 1.54) is 0 Å². The molecule has 0 radical (unpaired) electrons. The third-order valence-electron chi connectivity index (χ3n) is 3.47. The van der Waals surface area contributed by atoms with Gasteiger partial charge in [-0.25, -0.2) is 0 Å². The van der Waals surface area contributed by atoms with Gasteiger partial charge < -0.3 is 16.4 Å². The predicted octanol–water partition coefficient (Wildman–Crippen LogP) is 2.27. The lowest BCUT2D eigenvalue weighted by Crippen LogP contribution is -2.42. The van der Waals surface area contributed by atoms with Gasteiger partial charge >= 0.3 is 0 Å². The van der Waals surface area contributed by atoms with Crippen LogP contribution in [-0.4, -0.2) is 23.5 Å². The number of carbonyl (C=O) groups excluding carboxylic acids is 1. The van der Waals surface area contributed by atoms with E-state index in [1.54, 1.807) is 6.20 Å². The van der Waals surface area contributed by atoms with Gasteiger partial charge in [-0.05, 0) is 24.6 Å². The summed E-state index contributed by atoms with van der Waals surface area (Å²) >= 11 is 3.47. The van der Waals surface area contributed by atoms with E-state index < -0.39 is 0 Å². The number of piperidine rings is 1. The molecular weight excluding hydrogens is 320 g/mol.